The molecular weight excluding hydrogens is 222 g/mol. The molecular formula is C11H15N3O3. The van der Waals surface area contributed by atoms with Gasteiger partial charge in [-0.25, -0.2) is 4.98 Å². The molecule has 0 aromatic carbocycles. The van der Waals surface area contributed by atoms with E-state index in [1.54, 1.807) is 11.8 Å². The van der Waals surface area contributed by atoms with Crippen molar-refractivity contribution >= 4 is 11.6 Å². The van der Waals surface area contributed by atoms with Gasteiger partial charge in [0.2, 0.25) is 5.76 Å². The quantitative estimate of drug-likeness (QED) is 0.589. The molecule has 1 N–H and O–H groups in total. The van der Waals surface area contributed by atoms with Crippen molar-refractivity contribution in [3.05, 3.63) is 17.8 Å². The molecule has 0 bridgehead atoms. The summed E-state index contributed by atoms with van der Waals surface area (Å²) in [5.41, 5.74) is 1.34. The number of carbonyl (C=O) groups is 1. The fraction of sp³-hybridized carbons (Fsp3) is 0.545. The Bertz CT molecular complexity index is 453. The fourth-order valence-electron chi connectivity index (χ4n) is 2.01. The van der Waals surface area contributed by atoms with Gasteiger partial charge in [0.05, 0.1) is 11.4 Å². The molecule has 0 radical (unpaired) electrons. The molecule has 92 valence electrons. The molecule has 1 fully saturated rings. The summed E-state index contributed by atoms with van der Waals surface area (Å²) in [5, 5.41) is 12.0. The lowest BCUT2D eigenvalue weighted by molar-refractivity contribution is 0.0701. The van der Waals surface area contributed by atoms with Crippen LogP contribution in [0.3, 0.4) is 0 Å². The first-order valence-electron chi connectivity index (χ1n) is 5.53. The van der Waals surface area contributed by atoms with Gasteiger partial charge in [-0.2, -0.15) is 0 Å². The molecule has 2 rings (SSSR count). The van der Waals surface area contributed by atoms with E-state index < -0.39 is 0 Å². The van der Waals surface area contributed by atoms with Crippen LogP contribution in [0.5, 0.6) is 0 Å². The first-order valence-corrected chi connectivity index (χ1v) is 5.53. The van der Waals surface area contributed by atoms with Gasteiger partial charge >= 0.3 is 0 Å². The molecule has 0 spiro atoms. The number of nitrogens with zero attached hydrogens (tertiary/aromatic N) is 3. The normalized spacial score (nSPS) is 23.1. The molecule has 1 saturated heterocycles. The number of rotatable bonds is 1. The van der Waals surface area contributed by atoms with E-state index >= 15 is 0 Å². The third-order valence-electron chi connectivity index (χ3n) is 3.06. The van der Waals surface area contributed by atoms with E-state index in [0.29, 0.717) is 31.0 Å². The summed E-state index contributed by atoms with van der Waals surface area (Å²) in [4.78, 5) is 17.7. The maximum absolute atomic E-state index is 12.1. The van der Waals surface area contributed by atoms with Crippen molar-refractivity contribution in [3.8, 4) is 0 Å². The maximum atomic E-state index is 12.1. The molecule has 2 heterocycles. The van der Waals surface area contributed by atoms with Crippen LogP contribution in [-0.2, 0) is 0 Å². The zero-order valence-corrected chi connectivity index (χ0v) is 9.88. The molecule has 17 heavy (non-hydrogen) atoms. The first kappa shape index (κ1) is 11.6. The number of likely N-dealkylation sites (tertiary alicyclic amines) is 1. The van der Waals surface area contributed by atoms with E-state index in [-0.39, 0.29) is 11.8 Å². The molecule has 0 aliphatic carbocycles. The van der Waals surface area contributed by atoms with Crippen LogP contribution in [0.4, 0.5) is 0 Å². The van der Waals surface area contributed by atoms with Crippen LogP contribution < -0.4 is 0 Å². The Morgan fingerprint density at radius 1 is 1.71 bits per heavy atom. The van der Waals surface area contributed by atoms with Crippen molar-refractivity contribution in [2.45, 2.75) is 20.3 Å². The molecule has 0 saturated carbocycles. The van der Waals surface area contributed by atoms with Crippen LogP contribution >= 0.6 is 0 Å². The number of hydrogen-bond acceptors (Lipinski definition) is 5. The van der Waals surface area contributed by atoms with Crippen molar-refractivity contribution in [2.24, 2.45) is 11.1 Å². The second-order valence-corrected chi connectivity index (χ2v) is 4.26. The number of hydrogen-bond donors (Lipinski definition) is 1. The third kappa shape index (κ3) is 2.15. The Balaban J connectivity index is 2.11. The van der Waals surface area contributed by atoms with Crippen molar-refractivity contribution in [2.75, 3.05) is 13.1 Å². The molecule has 6 nitrogen and oxygen atoms in total. The predicted octanol–water partition coefficient (Wildman–Crippen LogP) is 1.30. The number of oxazole rings is 1. The molecule has 1 aliphatic heterocycles. The van der Waals surface area contributed by atoms with Gasteiger partial charge in [-0.1, -0.05) is 12.1 Å². The van der Waals surface area contributed by atoms with Crippen molar-refractivity contribution in [1.29, 1.82) is 0 Å². The number of piperidine rings is 1. The van der Waals surface area contributed by atoms with E-state index in [2.05, 4.69) is 10.1 Å². The Labute approximate surface area is 98.9 Å². The molecule has 1 atom stereocenters. The summed E-state index contributed by atoms with van der Waals surface area (Å²) in [6.07, 6.45) is 1.87. The third-order valence-corrected chi connectivity index (χ3v) is 3.06. The first-order chi connectivity index (χ1) is 8.13. The predicted molar refractivity (Wildman–Crippen MR) is 60.1 cm³/mol. The summed E-state index contributed by atoms with van der Waals surface area (Å²) < 4.78 is 5.09. The van der Waals surface area contributed by atoms with E-state index in [9.17, 15) is 4.79 Å². The average molecular weight is 237 g/mol. The van der Waals surface area contributed by atoms with Crippen LogP contribution in [0.15, 0.2) is 16.0 Å². The SMILES string of the molecule is Cc1ncoc1C(=O)N1CCC(=NO)C(C)C1. The van der Waals surface area contributed by atoms with Crippen LogP contribution in [-0.4, -0.2) is 39.8 Å². The summed E-state index contributed by atoms with van der Waals surface area (Å²) in [6.45, 7) is 4.76. The highest BCUT2D eigenvalue weighted by atomic mass is 16.4. The Kier molecular flexibility index (Phi) is 3.12. The van der Waals surface area contributed by atoms with Gasteiger partial charge in [0.1, 0.15) is 0 Å². The van der Waals surface area contributed by atoms with Gasteiger partial charge in [0.15, 0.2) is 6.39 Å². The summed E-state index contributed by atoms with van der Waals surface area (Å²) in [5.74, 6) is 0.214. The number of carbonyl (C=O) groups excluding carboxylic acids is 1. The highest BCUT2D eigenvalue weighted by Crippen LogP contribution is 2.17. The lowest BCUT2D eigenvalue weighted by Crippen LogP contribution is -2.43. The molecule has 1 unspecified atom stereocenters. The van der Waals surface area contributed by atoms with E-state index in [0.717, 1.165) is 5.71 Å². The smallest absolute Gasteiger partial charge is 0.291 e. The van der Waals surface area contributed by atoms with Gasteiger partial charge in [-0.05, 0) is 6.92 Å². The van der Waals surface area contributed by atoms with Crippen molar-refractivity contribution < 1.29 is 14.4 Å². The standard InChI is InChI=1S/C11H15N3O3/c1-7-5-14(4-3-9(7)13-16)11(15)10-8(2)12-6-17-10/h6-7,16H,3-5H2,1-2H3. The van der Waals surface area contributed by atoms with Crippen LogP contribution in [0.2, 0.25) is 0 Å². The van der Waals surface area contributed by atoms with Gasteiger partial charge in [0, 0.05) is 25.4 Å². The van der Waals surface area contributed by atoms with Gasteiger partial charge < -0.3 is 14.5 Å². The van der Waals surface area contributed by atoms with Crippen LogP contribution in [0, 0.1) is 12.8 Å². The molecule has 1 amide bonds. The minimum Gasteiger partial charge on any atom is -0.438 e. The number of oxime groups is 1. The highest BCUT2D eigenvalue weighted by Gasteiger charge is 2.28. The Hall–Kier alpha value is -1.85. The van der Waals surface area contributed by atoms with Gasteiger partial charge in [-0.3, -0.25) is 4.79 Å². The molecule has 1 aromatic heterocycles. The van der Waals surface area contributed by atoms with Crippen molar-refractivity contribution in [1.82, 2.24) is 9.88 Å². The monoisotopic (exact) mass is 237 g/mol. The lowest BCUT2D eigenvalue weighted by atomic mass is 9.97. The van der Waals surface area contributed by atoms with Crippen molar-refractivity contribution in [3.63, 3.8) is 0 Å². The minimum absolute atomic E-state index is 0.0703. The average Bonchev–Trinajstić information content (AvgIpc) is 2.74. The summed E-state index contributed by atoms with van der Waals surface area (Å²) >= 11 is 0. The Morgan fingerprint density at radius 2 is 2.47 bits per heavy atom. The topological polar surface area (TPSA) is 78.9 Å². The van der Waals surface area contributed by atoms with Gasteiger partial charge in [-0.15, -0.1) is 0 Å². The summed E-state index contributed by atoms with van der Waals surface area (Å²) in [6, 6.07) is 0. The zero-order chi connectivity index (χ0) is 12.4. The van der Waals surface area contributed by atoms with Crippen LogP contribution in [0.25, 0.3) is 0 Å². The Morgan fingerprint density at radius 3 is 3.00 bits per heavy atom. The second kappa shape index (κ2) is 4.57. The zero-order valence-electron chi connectivity index (χ0n) is 9.88. The fourth-order valence-corrected chi connectivity index (χ4v) is 2.01. The lowest BCUT2D eigenvalue weighted by Gasteiger charge is -2.30. The molecule has 6 heteroatoms. The van der Waals surface area contributed by atoms with Crippen LogP contribution in [0.1, 0.15) is 29.6 Å². The van der Waals surface area contributed by atoms with E-state index in [1.807, 2.05) is 6.92 Å². The number of amides is 1. The van der Waals surface area contributed by atoms with E-state index in [1.165, 1.54) is 6.39 Å². The van der Waals surface area contributed by atoms with E-state index in [4.69, 9.17) is 9.62 Å². The number of aromatic nitrogens is 1. The second-order valence-electron chi connectivity index (χ2n) is 4.26. The maximum Gasteiger partial charge on any atom is 0.291 e. The van der Waals surface area contributed by atoms with Gasteiger partial charge in [0.25, 0.3) is 5.91 Å². The summed E-state index contributed by atoms with van der Waals surface area (Å²) in [7, 11) is 0. The number of aryl methyl sites for hydroxylation is 1. The highest BCUT2D eigenvalue weighted by molar-refractivity contribution is 5.95. The minimum atomic E-state index is -0.149. The largest absolute Gasteiger partial charge is 0.438 e. The molecule has 1 aliphatic rings. The molecule has 1 aromatic rings.